The maximum Gasteiger partial charge on any atom is 0.433 e. The number of nitrogens with zero attached hydrogens (tertiary/aromatic N) is 3. The molecule has 0 saturated heterocycles. The molecular formula is C15H16F3N3O. The zero-order valence-electron chi connectivity index (χ0n) is 12.3. The van der Waals surface area contributed by atoms with Crippen LogP contribution in [0.15, 0.2) is 36.5 Å². The van der Waals surface area contributed by atoms with E-state index in [1.54, 1.807) is 7.05 Å². The first kappa shape index (κ1) is 16.1. The van der Waals surface area contributed by atoms with Crippen LogP contribution in [0.1, 0.15) is 11.3 Å². The van der Waals surface area contributed by atoms with Crippen molar-refractivity contribution in [1.29, 1.82) is 0 Å². The molecule has 0 aliphatic heterocycles. The summed E-state index contributed by atoms with van der Waals surface area (Å²) in [7, 11) is 1.62. The SMILES string of the molecule is Cc1cccc(OCCN(C)c2nccc(C(F)(F)F)n2)c1. The van der Waals surface area contributed by atoms with Crippen LogP contribution in [0, 0.1) is 6.92 Å². The van der Waals surface area contributed by atoms with Crippen molar-refractivity contribution in [3.63, 3.8) is 0 Å². The summed E-state index contributed by atoms with van der Waals surface area (Å²) in [5.41, 5.74) is 0.121. The van der Waals surface area contributed by atoms with Gasteiger partial charge in [-0.15, -0.1) is 0 Å². The molecule has 22 heavy (non-hydrogen) atoms. The summed E-state index contributed by atoms with van der Waals surface area (Å²) >= 11 is 0. The molecule has 0 atom stereocenters. The molecule has 0 spiro atoms. The number of anilines is 1. The van der Waals surface area contributed by atoms with E-state index in [0.29, 0.717) is 13.2 Å². The minimum atomic E-state index is -4.48. The average molecular weight is 311 g/mol. The first-order chi connectivity index (χ1) is 10.4. The van der Waals surface area contributed by atoms with Crippen LogP contribution in [-0.4, -0.2) is 30.2 Å². The van der Waals surface area contributed by atoms with Crippen LogP contribution in [0.2, 0.25) is 0 Å². The molecule has 0 fully saturated rings. The molecule has 0 unspecified atom stereocenters. The minimum Gasteiger partial charge on any atom is -0.492 e. The van der Waals surface area contributed by atoms with Crippen molar-refractivity contribution in [3.8, 4) is 5.75 Å². The van der Waals surface area contributed by atoms with Crippen LogP contribution < -0.4 is 9.64 Å². The summed E-state index contributed by atoms with van der Waals surface area (Å²) in [5.74, 6) is 0.737. The maximum atomic E-state index is 12.6. The number of aromatic nitrogens is 2. The summed E-state index contributed by atoms with van der Waals surface area (Å²) in [6, 6.07) is 8.40. The van der Waals surface area contributed by atoms with E-state index in [2.05, 4.69) is 9.97 Å². The lowest BCUT2D eigenvalue weighted by molar-refractivity contribution is -0.141. The van der Waals surface area contributed by atoms with Crippen molar-refractivity contribution in [2.45, 2.75) is 13.1 Å². The maximum absolute atomic E-state index is 12.6. The number of likely N-dealkylation sites (N-methyl/N-ethyl adjacent to an activating group) is 1. The Morgan fingerprint density at radius 2 is 2.00 bits per heavy atom. The summed E-state index contributed by atoms with van der Waals surface area (Å²) in [4.78, 5) is 8.89. The number of ether oxygens (including phenoxy) is 1. The van der Waals surface area contributed by atoms with E-state index in [9.17, 15) is 13.2 Å². The van der Waals surface area contributed by atoms with Crippen LogP contribution in [0.3, 0.4) is 0 Å². The van der Waals surface area contributed by atoms with Crippen molar-refractivity contribution in [3.05, 3.63) is 47.8 Å². The van der Waals surface area contributed by atoms with Gasteiger partial charge in [-0.3, -0.25) is 0 Å². The second kappa shape index (κ2) is 6.64. The van der Waals surface area contributed by atoms with Gasteiger partial charge in [0.05, 0.1) is 6.54 Å². The molecule has 0 N–H and O–H groups in total. The zero-order valence-corrected chi connectivity index (χ0v) is 12.3. The molecule has 4 nitrogen and oxygen atoms in total. The third-order valence-electron chi connectivity index (χ3n) is 2.96. The Balaban J connectivity index is 1.94. The van der Waals surface area contributed by atoms with E-state index in [-0.39, 0.29) is 5.95 Å². The zero-order chi connectivity index (χ0) is 16.2. The van der Waals surface area contributed by atoms with Gasteiger partial charge >= 0.3 is 6.18 Å². The summed E-state index contributed by atoms with van der Waals surface area (Å²) in [5, 5.41) is 0. The number of hydrogen-bond acceptors (Lipinski definition) is 4. The molecule has 1 aromatic carbocycles. The van der Waals surface area contributed by atoms with Gasteiger partial charge in [0.15, 0.2) is 0 Å². The van der Waals surface area contributed by atoms with Crippen LogP contribution >= 0.6 is 0 Å². The van der Waals surface area contributed by atoms with Crippen LogP contribution in [-0.2, 0) is 6.18 Å². The number of benzene rings is 1. The Hall–Kier alpha value is -2.31. The highest BCUT2D eigenvalue weighted by molar-refractivity contribution is 5.30. The molecule has 0 bridgehead atoms. The number of halogens is 3. The van der Waals surface area contributed by atoms with E-state index in [4.69, 9.17) is 4.74 Å². The van der Waals surface area contributed by atoms with E-state index in [0.717, 1.165) is 23.6 Å². The highest BCUT2D eigenvalue weighted by Crippen LogP contribution is 2.27. The van der Waals surface area contributed by atoms with Crippen molar-refractivity contribution in [2.75, 3.05) is 25.1 Å². The smallest absolute Gasteiger partial charge is 0.433 e. The second-order valence-corrected chi connectivity index (χ2v) is 4.83. The predicted molar refractivity (Wildman–Crippen MR) is 77.0 cm³/mol. The fraction of sp³-hybridized carbons (Fsp3) is 0.333. The van der Waals surface area contributed by atoms with Gasteiger partial charge in [-0.05, 0) is 30.7 Å². The highest BCUT2D eigenvalue weighted by Gasteiger charge is 2.33. The third-order valence-corrected chi connectivity index (χ3v) is 2.96. The highest BCUT2D eigenvalue weighted by atomic mass is 19.4. The minimum absolute atomic E-state index is 0.0164. The van der Waals surface area contributed by atoms with E-state index >= 15 is 0 Å². The lowest BCUT2D eigenvalue weighted by Crippen LogP contribution is -2.26. The molecule has 0 saturated carbocycles. The average Bonchev–Trinajstić information content (AvgIpc) is 2.46. The fourth-order valence-electron chi connectivity index (χ4n) is 1.80. The second-order valence-electron chi connectivity index (χ2n) is 4.83. The summed E-state index contributed by atoms with van der Waals surface area (Å²) in [6.45, 7) is 2.64. The Bertz CT molecular complexity index is 631. The quantitative estimate of drug-likeness (QED) is 0.849. The van der Waals surface area contributed by atoms with Crippen molar-refractivity contribution in [1.82, 2.24) is 9.97 Å². The Kier molecular flexibility index (Phi) is 4.85. The van der Waals surface area contributed by atoms with E-state index in [1.807, 2.05) is 31.2 Å². The number of hydrogen-bond donors (Lipinski definition) is 0. The number of rotatable bonds is 5. The Morgan fingerprint density at radius 3 is 2.68 bits per heavy atom. The van der Waals surface area contributed by atoms with Crippen LogP contribution in [0.25, 0.3) is 0 Å². The molecule has 2 rings (SSSR count). The largest absolute Gasteiger partial charge is 0.492 e. The molecule has 1 heterocycles. The van der Waals surface area contributed by atoms with Crippen LogP contribution in [0.5, 0.6) is 5.75 Å². The third kappa shape index (κ3) is 4.34. The normalized spacial score (nSPS) is 11.3. The molecule has 0 amide bonds. The fourth-order valence-corrected chi connectivity index (χ4v) is 1.80. The van der Waals surface area contributed by atoms with Gasteiger partial charge in [0.2, 0.25) is 5.95 Å². The molecule has 0 radical (unpaired) electrons. The first-order valence-electron chi connectivity index (χ1n) is 6.67. The topological polar surface area (TPSA) is 38.2 Å². The number of alkyl halides is 3. The van der Waals surface area contributed by atoms with Gasteiger partial charge in [-0.1, -0.05) is 12.1 Å². The summed E-state index contributed by atoms with van der Waals surface area (Å²) < 4.78 is 43.4. The van der Waals surface area contributed by atoms with Gasteiger partial charge in [0, 0.05) is 13.2 Å². The predicted octanol–water partition coefficient (Wildman–Crippen LogP) is 3.32. The van der Waals surface area contributed by atoms with Crippen LogP contribution in [0.4, 0.5) is 19.1 Å². The lowest BCUT2D eigenvalue weighted by Gasteiger charge is -2.18. The van der Waals surface area contributed by atoms with Gasteiger partial charge in [0.1, 0.15) is 18.1 Å². The molecule has 1 aromatic heterocycles. The standard InChI is InChI=1S/C15H16F3N3O/c1-11-4-3-5-12(10-11)22-9-8-21(2)14-19-7-6-13(20-14)15(16,17)18/h3-7,10H,8-9H2,1-2H3. The molecule has 118 valence electrons. The molecule has 7 heteroatoms. The number of aryl methyl sites for hydroxylation is 1. The Labute approximate surface area is 126 Å². The Morgan fingerprint density at radius 1 is 1.23 bits per heavy atom. The lowest BCUT2D eigenvalue weighted by atomic mass is 10.2. The van der Waals surface area contributed by atoms with Crippen molar-refractivity contribution >= 4 is 5.95 Å². The van der Waals surface area contributed by atoms with Crippen molar-refractivity contribution in [2.24, 2.45) is 0 Å². The van der Waals surface area contributed by atoms with E-state index < -0.39 is 11.9 Å². The van der Waals surface area contributed by atoms with Gasteiger partial charge in [0.25, 0.3) is 0 Å². The van der Waals surface area contributed by atoms with Crippen molar-refractivity contribution < 1.29 is 17.9 Å². The monoisotopic (exact) mass is 311 g/mol. The molecule has 2 aromatic rings. The molecule has 0 aliphatic rings. The molecule has 0 aliphatic carbocycles. The van der Waals surface area contributed by atoms with E-state index in [1.165, 1.54) is 4.90 Å². The van der Waals surface area contributed by atoms with Gasteiger partial charge < -0.3 is 9.64 Å². The van der Waals surface area contributed by atoms with Gasteiger partial charge in [-0.2, -0.15) is 13.2 Å². The first-order valence-corrected chi connectivity index (χ1v) is 6.67. The molecular weight excluding hydrogens is 295 g/mol. The van der Waals surface area contributed by atoms with Gasteiger partial charge in [-0.25, -0.2) is 9.97 Å². The summed E-state index contributed by atoms with van der Waals surface area (Å²) in [6.07, 6.45) is -3.38.